The number of aryl methyl sites for hydroxylation is 2. The molecule has 2 amide bonds. The third-order valence-corrected chi connectivity index (χ3v) is 5.21. The zero-order valence-electron chi connectivity index (χ0n) is 15.9. The second-order valence-electron chi connectivity index (χ2n) is 6.44. The van der Waals surface area contributed by atoms with Crippen molar-refractivity contribution in [1.29, 1.82) is 0 Å². The molecular weight excluding hydrogens is 370 g/mol. The lowest BCUT2D eigenvalue weighted by molar-refractivity contribution is -0.114. The highest BCUT2D eigenvalue weighted by molar-refractivity contribution is 7.99. The van der Waals surface area contributed by atoms with Crippen LogP contribution in [0.25, 0.3) is 0 Å². The van der Waals surface area contributed by atoms with Gasteiger partial charge < -0.3 is 10.6 Å². The molecule has 0 spiro atoms. The third-order valence-electron chi connectivity index (χ3n) is 4.03. The molecule has 5 nitrogen and oxygen atoms in total. The summed E-state index contributed by atoms with van der Waals surface area (Å²) in [7, 11) is 0. The molecule has 0 aliphatic rings. The van der Waals surface area contributed by atoms with Crippen LogP contribution in [0.5, 0.6) is 0 Å². The summed E-state index contributed by atoms with van der Waals surface area (Å²) in [5.41, 5.74) is 4.14. The molecule has 0 saturated heterocycles. The van der Waals surface area contributed by atoms with Crippen molar-refractivity contribution in [2.45, 2.75) is 30.7 Å². The highest BCUT2D eigenvalue weighted by Crippen LogP contribution is 2.32. The molecule has 1 aromatic heterocycles. The first-order valence-electron chi connectivity index (χ1n) is 8.81. The molecule has 0 radical (unpaired) electrons. The maximum atomic E-state index is 12.8. The van der Waals surface area contributed by atoms with Crippen molar-refractivity contribution in [3.8, 4) is 0 Å². The molecular formula is C22H21N3O2S. The van der Waals surface area contributed by atoms with Gasteiger partial charge in [0.25, 0.3) is 5.91 Å². The Hall–Kier alpha value is -3.12. The van der Waals surface area contributed by atoms with E-state index in [1.54, 1.807) is 42.6 Å². The Morgan fingerprint density at radius 3 is 2.29 bits per heavy atom. The number of pyridine rings is 1. The Morgan fingerprint density at radius 1 is 0.929 bits per heavy atom. The summed E-state index contributed by atoms with van der Waals surface area (Å²) in [6.07, 6.45) is 1.69. The lowest BCUT2D eigenvalue weighted by atomic mass is 10.2. The number of carbonyl (C=O) groups is 2. The van der Waals surface area contributed by atoms with Crippen LogP contribution in [0.2, 0.25) is 0 Å². The molecule has 0 fully saturated rings. The van der Waals surface area contributed by atoms with E-state index in [4.69, 9.17) is 0 Å². The van der Waals surface area contributed by atoms with Crippen molar-refractivity contribution in [1.82, 2.24) is 4.98 Å². The maximum Gasteiger partial charge on any atom is 0.258 e. The fraction of sp³-hybridized carbons (Fsp3) is 0.136. The summed E-state index contributed by atoms with van der Waals surface area (Å²) in [5, 5.41) is 6.24. The van der Waals surface area contributed by atoms with Gasteiger partial charge in [-0.15, -0.1) is 0 Å². The van der Waals surface area contributed by atoms with E-state index in [1.165, 1.54) is 18.7 Å². The first-order valence-corrected chi connectivity index (χ1v) is 9.63. The van der Waals surface area contributed by atoms with Gasteiger partial charge in [-0.2, -0.15) is 0 Å². The SMILES string of the molecule is CC(=O)Nc1ccc(NC(=O)c2cccnc2Sc2cc(C)ccc2C)cc1. The zero-order chi connectivity index (χ0) is 20.1. The van der Waals surface area contributed by atoms with Gasteiger partial charge in [-0.1, -0.05) is 23.9 Å². The quantitative estimate of drug-likeness (QED) is 0.638. The van der Waals surface area contributed by atoms with Gasteiger partial charge in [0.2, 0.25) is 5.91 Å². The molecule has 0 aliphatic carbocycles. The number of benzene rings is 2. The highest BCUT2D eigenvalue weighted by atomic mass is 32.2. The van der Waals surface area contributed by atoms with E-state index in [1.807, 2.05) is 13.8 Å². The fourth-order valence-corrected chi connectivity index (χ4v) is 3.67. The summed E-state index contributed by atoms with van der Waals surface area (Å²) in [6.45, 7) is 5.54. The van der Waals surface area contributed by atoms with E-state index in [2.05, 4.69) is 33.8 Å². The van der Waals surface area contributed by atoms with E-state index >= 15 is 0 Å². The van der Waals surface area contributed by atoms with Gasteiger partial charge in [0.05, 0.1) is 5.56 Å². The molecule has 6 heteroatoms. The Morgan fingerprint density at radius 2 is 1.61 bits per heavy atom. The first-order chi connectivity index (χ1) is 13.4. The minimum absolute atomic E-state index is 0.139. The van der Waals surface area contributed by atoms with Gasteiger partial charge in [-0.05, 0) is 67.4 Å². The number of amides is 2. The van der Waals surface area contributed by atoms with E-state index in [-0.39, 0.29) is 11.8 Å². The molecule has 0 bridgehead atoms. The summed E-state index contributed by atoms with van der Waals surface area (Å²) in [5.74, 6) is -0.367. The third kappa shape index (κ3) is 4.98. The van der Waals surface area contributed by atoms with Crippen LogP contribution in [-0.2, 0) is 4.79 Å². The Balaban J connectivity index is 1.79. The van der Waals surface area contributed by atoms with Crippen LogP contribution < -0.4 is 10.6 Å². The molecule has 0 saturated carbocycles. The summed E-state index contributed by atoms with van der Waals surface area (Å²) >= 11 is 1.48. The van der Waals surface area contributed by atoms with Gasteiger partial charge in [0.15, 0.2) is 0 Å². The van der Waals surface area contributed by atoms with Crippen molar-refractivity contribution >= 4 is 35.0 Å². The first kappa shape index (κ1) is 19.6. The highest BCUT2D eigenvalue weighted by Gasteiger charge is 2.15. The standard InChI is InChI=1S/C22H21N3O2S/c1-14-6-7-15(2)20(13-14)28-22-19(5-4-12-23-22)21(27)25-18-10-8-17(9-11-18)24-16(3)26/h4-13H,1-3H3,(H,24,26)(H,25,27). The van der Waals surface area contributed by atoms with Crippen molar-refractivity contribution in [2.24, 2.45) is 0 Å². The second-order valence-corrected chi connectivity index (χ2v) is 7.47. The molecule has 2 N–H and O–H groups in total. The van der Waals surface area contributed by atoms with Gasteiger partial charge in [0.1, 0.15) is 5.03 Å². The molecule has 0 unspecified atom stereocenters. The predicted molar refractivity (Wildman–Crippen MR) is 113 cm³/mol. The smallest absolute Gasteiger partial charge is 0.258 e. The minimum atomic E-state index is -0.229. The lowest BCUT2D eigenvalue weighted by Crippen LogP contribution is -2.13. The number of hydrogen-bond acceptors (Lipinski definition) is 4. The van der Waals surface area contributed by atoms with Crippen LogP contribution in [0.3, 0.4) is 0 Å². The summed E-state index contributed by atoms with van der Waals surface area (Å²) in [4.78, 5) is 29.4. The van der Waals surface area contributed by atoms with Gasteiger partial charge in [-0.3, -0.25) is 9.59 Å². The maximum absolute atomic E-state index is 12.8. The normalized spacial score (nSPS) is 10.4. The number of anilines is 2. The second kappa shape index (κ2) is 8.71. The fourth-order valence-electron chi connectivity index (χ4n) is 2.60. The molecule has 0 atom stereocenters. The monoisotopic (exact) mass is 391 g/mol. The van der Waals surface area contributed by atoms with Crippen molar-refractivity contribution in [3.63, 3.8) is 0 Å². The molecule has 3 rings (SSSR count). The minimum Gasteiger partial charge on any atom is -0.326 e. The summed E-state index contributed by atoms with van der Waals surface area (Å²) < 4.78 is 0. The number of carbonyl (C=O) groups excluding carboxylic acids is 2. The van der Waals surface area contributed by atoms with Crippen molar-refractivity contribution in [3.05, 3.63) is 77.5 Å². The largest absolute Gasteiger partial charge is 0.326 e. The van der Waals surface area contributed by atoms with Crippen LogP contribution in [0.15, 0.2) is 70.7 Å². The average Bonchev–Trinajstić information content (AvgIpc) is 2.66. The Bertz CT molecular complexity index is 1020. The van der Waals surface area contributed by atoms with Gasteiger partial charge in [0, 0.05) is 29.4 Å². The van der Waals surface area contributed by atoms with Crippen LogP contribution in [0.1, 0.15) is 28.4 Å². The van der Waals surface area contributed by atoms with Crippen LogP contribution in [0, 0.1) is 13.8 Å². The van der Waals surface area contributed by atoms with Gasteiger partial charge >= 0.3 is 0 Å². The molecule has 28 heavy (non-hydrogen) atoms. The Labute approximate surface area is 168 Å². The number of rotatable bonds is 5. The molecule has 3 aromatic rings. The number of hydrogen-bond donors (Lipinski definition) is 2. The van der Waals surface area contributed by atoms with Gasteiger partial charge in [-0.25, -0.2) is 4.98 Å². The average molecular weight is 391 g/mol. The molecule has 2 aromatic carbocycles. The summed E-state index contributed by atoms with van der Waals surface area (Å²) in [6, 6.07) is 16.7. The van der Waals surface area contributed by atoms with Crippen molar-refractivity contribution in [2.75, 3.05) is 10.6 Å². The molecule has 1 heterocycles. The van der Waals surface area contributed by atoms with E-state index in [9.17, 15) is 9.59 Å². The predicted octanol–water partition coefficient (Wildman–Crippen LogP) is 5.06. The molecule has 142 valence electrons. The number of nitrogens with one attached hydrogen (secondary N) is 2. The Kier molecular flexibility index (Phi) is 6.11. The van der Waals surface area contributed by atoms with E-state index in [0.29, 0.717) is 22.0 Å². The zero-order valence-corrected chi connectivity index (χ0v) is 16.8. The number of nitrogens with zero attached hydrogens (tertiary/aromatic N) is 1. The van der Waals surface area contributed by atoms with Crippen LogP contribution in [-0.4, -0.2) is 16.8 Å². The number of aromatic nitrogens is 1. The lowest BCUT2D eigenvalue weighted by Gasteiger charge is -2.11. The van der Waals surface area contributed by atoms with Crippen LogP contribution in [0.4, 0.5) is 11.4 Å². The molecule has 0 aliphatic heterocycles. The van der Waals surface area contributed by atoms with Crippen molar-refractivity contribution < 1.29 is 9.59 Å². The van der Waals surface area contributed by atoms with E-state index < -0.39 is 0 Å². The topological polar surface area (TPSA) is 71.1 Å². The van der Waals surface area contributed by atoms with E-state index in [0.717, 1.165) is 16.0 Å². The van der Waals surface area contributed by atoms with Crippen LogP contribution >= 0.6 is 11.8 Å².